The fraction of sp³-hybridized carbons (Fsp3) is 0.160. The van der Waals surface area contributed by atoms with Gasteiger partial charge in [-0.15, -0.1) is 0 Å². The van der Waals surface area contributed by atoms with Gasteiger partial charge in [-0.1, -0.05) is 42.0 Å². The number of nitrogens with zero attached hydrogens (tertiary/aromatic N) is 2. The molecule has 0 aliphatic rings. The molecule has 5 nitrogen and oxygen atoms in total. The highest BCUT2D eigenvalue weighted by Crippen LogP contribution is 2.22. The van der Waals surface area contributed by atoms with Gasteiger partial charge in [-0.2, -0.15) is 0 Å². The maximum atomic E-state index is 12.5. The third-order valence-electron chi connectivity index (χ3n) is 5.09. The van der Waals surface area contributed by atoms with E-state index >= 15 is 0 Å². The van der Waals surface area contributed by atoms with Gasteiger partial charge in [0.1, 0.15) is 5.82 Å². The second-order valence-corrected chi connectivity index (χ2v) is 7.35. The van der Waals surface area contributed by atoms with Crippen molar-refractivity contribution in [2.45, 2.75) is 20.8 Å². The number of para-hydroxylation sites is 1. The first-order valence-electron chi connectivity index (χ1n) is 9.76. The summed E-state index contributed by atoms with van der Waals surface area (Å²) in [6.45, 7) is 5.48. The van der Waals surface area contributed by atoms with Gasteiger partial charge in [0.2, 0.25) is 5.78 Å². The van der Waals surface area contributed by atoms with Crippen molar-refractivity contribution in [2.24, 2.45) is 0 Å². The van der Waals surface area contributed by atoms with Crippen LogP contribution in [0, 0.1) is 20.8 Å². The highest BCUT2D eigenvalue weighted by atomic mass is 16.5. The molecule has 0 N–H and O–H groups in total. The zero-order valence-electron chi connectivity index (χ0n) is 17.2. The Morgan fingerprint density at radius 2 is 1.70 bits per heavy atom. The van der Waals surface area contributed by atoms with Crippen molar-refractivity contribution in [3.05, 3.63) is 94.8 Å². The van der Waals surface area contributed by atoms with E-state index in [1.807, 2.05) is 73.9 Å². The number of carbonyl (C=O) groups is 2. The van der Waals surface area contributed by atoms with E-state index in [-0.39, 0.29) is 12.4 Å². The number of imidazole rings is 1. The van der Waals surface area contributed by atoms with Crippen molar-refractivity contribution < 1.29 is 14.3 Å². The Morgan fingerprint density at radius 1 is 0.933 bits per heavy atom. The van der Waals surface area contributed by atoms with Crippen molar-refractivity contribution in [1.29, 1.82) is 0 Å². The molecule has 150 valence electrons. The van der Waals surface area contributed by atoms with Gasteiger partial charge in [0.25, 0.3) is 0 Å². The number of esters is 1. The summed E-state index contributed by atoms with van der Waals surface area (Å²) in [5, 5.41) is 0. The van der Waals surface area contributed by atoms with Gasteiger partial charge in [0.15, 0.2) is 6.61 Å². The van der Waals surface area contributed by atoms with Gasteiger partial charge in [0, 0.05) is 11.3 Å². The largest absolute Gasteiger partial charge is 0.454 e. The van der Waals surface area contributed by atoms with Crippen molar-refractivity contribution in [3.8, 4) is 5.69 Å². The molecular formula is C25H22N2O3. The number of carbonyl (C=O) groups excluding carboxylic acids is 2. The number of aromatic nitrogens is 2. The second-order valence-electron chi connectivity index (χ2n) is 7.35. The van der Waals surface area contributed by atoms with Gasteiger partial charge in [-0.05, 0) is 56.7 Å². The highest BCUT2D eigenvalue weighted by molar-refractivity contribution is 6.01. The number of hydrogen-bond donors (Lipinski definition) is 0. The molecule has 0 aliphatic carbocycles. The lowest BCUT2D eigenvalue weighted by Gasteiger charge is -2.08. The predicted molar refractivity (Wildman–Crippen MR) is 116 cm³/mol. The second kappa shape index (κ2) is 7.95. The van der Waals surface area contributed by atoms with Crippen molar-refractivity contribution >= 4 is 22.8 Å². The van der Waals surface area contributed by atoms with Gasteiger partial charge in [0.05, 0.1) is 16.6 Å². The van der Waals surface area contributed by atoms with Crippen LogP contribution in [0.15, 0.2) is 66.7 Å². The number of aryl methyl sites for hydroxylation is 3. The van der Waals surface area contributed by atoms with E-state index in [4.69, 9.17) is 4.74 Å². The summed E-state index contributed by atoms with van der Waals surface area (Å²) in [7, 11) is 0. The van der Waals surface area contributed by atoms with Crippen LogP contribution in [0.2, 0.25) is 0 Å². The Balaban J connectivity index is 1.53. The van der Waals surface area contributed by atoms with Crippen LogP contribution in [0.5, 0.6) is 0 Å². The standard InChI is InChI=1S/C25H22N2O3/c1-16-9-11-21(17(2)13-16)24(28)15-30-25(29)19-10-12-23-22(14-19)26-18(3)27(23)20-7-5-4-6-8-20/h4-14H,15H2,1-3H3. The summed E-state index contributed by atoms with van der Waals surface area (Å²) in [4.78, 5) is 29.5. The maximum absolute atomic E-state index is 12.5. The Bertz CT molecular complexity index is 1260. The Hall–Kier alpha value is -3.73. The molecule has 4 aromatic rings. The molecule has 3 aromatic carbocycles. The van der Waals surface area contributed by atoms with E-state index in [1.54, 1.807) is 18.2 Å². The fourth-order valence-corrected chi connectivity index (χ4v) is 3.65. The third-order valence-corrected chi connectivity index (χ3v) is 5.09. The van der Waals surface area contributed by atoms with Gasteiger partial charge >= 0.3 is 5.97 Å². The van der Waals surface area contributed by atoms with E-state index in [0.717, 1.165) is 28.2 Å². The minimum absolute atomic E-state index is 0.217. The minimum atomic E-state index is -0.540. The van der Waals surface area contributed by atoms with Crippen LogP contribution >= 0.6 is 0 Å². The number of benzene rings is 3. The first kappa shape index (κ1) is 19.6. The zero-order chi connectivity index (χ0) is 21.3. The summed E-state index contributed by atoms with van der Waals surface area (Å²) < 4.78 is 7.31. The zero-order valence-corrected chi connectivity index (χ0v) is 17.2. The Labute approximate surface area is 174 Å². The molecule has 0 spiro atoms. The monoisotopic (exact) mass is 398 g/mol. The van der Waals surface area contributed by atoms with Crippen LogP contribution in [-0.2, 0) is 4.74 Å². The summed E-state index contributed by atoms with van der Waals surface area (Å²) in [5.41, 5.74) is 5.51. The molecule has 1 heterocycles. The fourth-order valence-electron chi connectivity index (χ4n) is 3.65. The van der Waals surface area contributed by atoms with Gasteiger partial charge in [-0.25, -0.2) is 9.78 Å². The minimum Gasteiger partial charge on any atom is -0.454 e. The molecule has 4 rings (SSSR count). The van der Waals surface area contributed by atoms with Crippen molar-refractivity contribution in [2.75, 3.05) is 6.61 Å². The smallest absolute Gasteiger partial charge is 0.338 e. The average molecular weight is 398 g/mol. The molecule has 0 amide bonds. The topological polar surface area (TPSA) is 61.2 Å². The van der Waals surface area contributed by atoms with Crippen LogP contribution < -0.4 is 0 Å². The number of fused-ring (bicyclic) bond motifs is 1. The highest BCUT2D eigenvalue weighted by Gasteiger charge is 2.16. The summed E-state index contributed by atoms with van der Waals surface area (Å²) in [5.74, 6) is 0.0693. The Kier molecular flexibility index (Phi) is 5.19. The van der Waals surface area contributed by atoms with Crippen LogP contribution in [-0.4, -0.2) is 27.9 Å². The normalized spacial score (nSPS) is 10.9. The molecule has 0 saturated carbocycles. The molecule has 1 aromatic heterocycles. The SMILES string of the molecule is Cc1ccc(C(=O)COC(=O)c2ccc3c(c2)nc(C)n3-c2ccccc2)c(C)c1. The molecule has 0 atom stereocenters. The van der Waals surface area contributed by atoms with Crippen LogP contribution in [0.25, 0.3) is 16.7 Å². The molecule has 0 fully saturated rings. The number of hydrogen-bond acceptors (Lipinski definition) is 4. The van der Waals surface area contributed by atoms with Crippen LogP contribution in [0.1, 0.15) is 37.7 Å². The molecular weight excluding hydrogens is 376 g/mol. The lowest BCUT2D eigenvalue weighted by atomic mass is 10.0. The number of rotatable bonds is 5. The predicted octanol–water partition coefficient (Wildman–Crippen LogP) is 4.99. The van der Waals surface area contributed by atoms with E-state index in [0.29, 0.717) is 16.6 Å². The van der Waals surface area contributed by atoms with E-state index in [9.17, 15) is 9.59 Å². The lowest BCUT2D eigenvalue weighted by Crippen LogP contribution is -2.15. The molecule has 0 bridgehead atoms. The maximum Gasteiger partial charge on any atom is 0.338 e. The van der Waals surface area contributed by atoms with Crippen LogP contribution in [0.4, 0.5) is 0 Å². The van der Waals surface area contributed by atoms with E-state index in [2.05, 4.69) is 4.98 Å². The molecule has 30 heavy (non-hydrogen) atoms. The van der Waals surface area contributed by atoms with Gasteiger partial charge < -0.3 is 4.74 Å². The van der Waals surface area contributed by atoms with Crippen molar-refractivity contribution in [1.82, 2.24) is 9.55 Å². The first-order chi connectivity index (χ1) is 14.4. The van der Waals surface area contributed by atoms with E-state index < -0.39 is 5.97 Å². The van der Waals surface area contributed by atoms with Crippen molar-refractivity contribution in [3.63, 3.8) is 0 Å². The molecule has 0 unspecified atom stereocenters. The Morgan fingerprint density at radius 3 is 2.43 bits per heavy atom. The lowest BCUT2D eigenvalue weighted by molar-refractivity contribution is 0.0474. The third kappa shape index (κ3) is 3.74. The molecule has 0 radical (unpaired) electrons. The molecule has 5 heteroatoms. The molecule has 0 aliphatic heterocycles. The van der Waals surface area contributed by atoms with Crippen LogP contribution in [0.3, 0.4) is 0 Å². The van der Waals surface area contributed by atoms with Gasteiger partial charge in [-0.3, -0.25) is 9.36 Å². The number of Topliss-reactive ketones (excluding diaryl/α,β-unsaturated/α-hetero) is 1. The first-order valence-corrected chi connectivity index (χ1v) is 9.76. The van der Waals surface area contributed by atoms with E-state index in [1.165, 1.54) is 0 Å². The number of ether oxygens (including phenoxy) is 1. The number of ketones is 1. The summed E-state index contributed by atoms with van der Waals surface area (Å²) in [6, 6.07) is 20.8. The quantitative estimate of drug-likeness (QED) is 0.351. The summed E-state index contributed by atoms with van der Waals surface area (Å²) >= 11 is 0. The average Bonchev–Trinajstić information content (AvgIpc) is 3.07. The molecule has 0 saturated heterocycles. The summed E-state index contributed by atoms with van der Waals surface area (Å²) in [6.07, 6.45) is 0.